The lowest BCUT2D eigenvalue weighted by Gasteiger charge is -2.16. The number of hydrogen-bond acceptors (Lipinski definition) is 4. The Balaban J connectivity index is 1.94. The molecule has 0 unspecified atom stereocenters. The summed E-state index contributed by atoms with van der Waals surface area (Å²) < 4.78 is 43.5. The van der Waals surface area contributed by atoms with Crippen LogP contribution >= 0.6 is 0 Å². The smallest absolute Gasteiger partial charge is 0.416 e. The van der Waals surface area contributed by atoms with Crippen molar-refractivity contribution in [2.45, 2.75) is 6.18 Å². The Morgan fingerprint density at radius 1 is 1.15 bits per heavy atom. The van der Waals surface area contributed by atoms with Gasteiger partial charge in [-0.1, -0.05) is 12.1 Å². The van der Waals surface area contributed by atoms with Crippen molar-refractivity contribution < 1.29 is 32.6 Å². The van der Waals surface area contributed by atoms with E-state index in [4.69, 9.17) is 4.74 Å². The molecule has 0 saturated carbocycles. The van der Waals surface area contributed by atoms with E-state index in [0.29, 0.717) is 5.56 Å². The highest BCUT2D eigenvalue weighted by Gasteiger charge is 2.36. The average molecular weight is 378 g/mol. The first-order chi connectivity index (χ1) is 12.7. The van der Waals surface area contributed by atoms with Gasteiger partial charge in [0.2, 0.25) is 0 Å². The largest absolute Gasteiger partial charge is 0.504 e. The van der Waals surface area contributed by atoms with Crippen LogP contribution in [0.1, 0.15) is 11.1 Å². The molecule has 0 bridgehead atoms. The molecule has 0 aliphatic carbocycles. The second-order valence-corrected chi connectivity index (χ2v) is 5.62. The van der Waals surface area contributed by atoms with Gasteiger partial charge in [0.05, 0.1) is 18.4 Å². The molecule has 1 heterocycles. The maximum Gasteiger partial charge on any atom is 0.416 e. The molecule has 1 aliphatic rings. The molecular formula is C18H13F3N2O4. The Morgan fingerprint density at radius 2 is 1.89 bits per heavy atom. The van der Waals surface area contributed by atoms with Crippen LogP contribution in [0.4, 0.5) is 18.9 Å². The number of phenols is 1. The number of carbonyl (C=O) groups excluding carboxylic acids is 2. The molecule has 9 heteroatoms. The predicted molar refractivity (Wildman–Crippen MR) is 89.7 cm³/mol. The van der Waals surface area contributed by atoms with Crippen molar-refractivity contribution in [3.63, 3.8) is 0 Å². The molecule has 1 saturated heterocycles. The highest BCUT2D eigenvalue weighted by molar-refractivity contribution is 6.31. The minimum atomic E-state index is -4.58. The van der Waals surface area contributed by atoms with Crippen molar-refractivity contribution in [3.8, 4) is 11.5 Å². The number of rotatable bonds is 3. The second-order valence-electron chi connectivity index (χ2n) is 5.62. The summed E-state index contributed by atoms with van der Waals surface area (Å²) in [6.45, 7) is 0. The molecule has 3 rings (SSSR count). The van der Waals surface area contributed by atoms with E-state index in [1.165, 1.54) is 37.5 Å². The molecule has 1 fully saturated rings. The summed E-state index contributed by atoms with van der Waals surface area (Å²) in [4.78, 5) is 24.6. The molecule has 0 atom stereocenters. The number of hydrazine groups is 1. The number of hydrogen-bond donors (Lipinski definition) is 2. The fourth-order valence-electron chi connectivity index (χ4n) is 2.51. The summed E-state index contributed by atoms with van der Waals surface area (Å²) in [7, 11) is 1.34. The van der Waals surface area contributed by atoms with Gasteiger partial charge in [0.25, 0.3) is 11.8 Å². The van der Waals surface area contributed by atoms with Crippen LogP contribution in [0.2, 0.25) is 0 Å². The minimum absolute atomic E-state index is 0.116. The van der Waals surface area contributed by atoms with Gasteiger partial charge in [0.15, 0.2) is 11.5 Å². The Kier molecular flexibility index (Phi) is 4.52. The normalized spacial score (nSPS) is 16.0. The fourth-order valence-corrected chi connectivity index (χ4v) is 2.51. The number of alkyl halides is 3. The highest BCUT2D eigenvalue weighted by Crippen LogP contribution is 2.33. The Hall–Kier alpha value is -3.49. The van der Waals surface area contributed by atoms with Crippen molar-refractivity contribution in [2.24, 2.45) is 0 Å². The van der Waals surface area contributed by atoms with Crippen LogP contribution < -0.4 is 15.2 Å². The number of halogens is 3. The maximum atomic E-state index is 12.9. The Morgan fingerprint density at radius 3 is 2.56 bits per heavy atom. The summed E-state index contributed by atoms with van der Waals surface area (Å²) in [5, 5.41) is 10.3. The average Bonchev–Trinajstić information content (AvgIpc) is 2.91. The monoisotopic (exact) mass is 378 g/mol. The quantitative estimate of drug-likeness (QED) is 0.636. The topological polar surface area (TPSA) is 78.9 Å². The van der Waals surface area contributed by atoms with E-state index in [1.54, 1.807) is 0 Å². The zero-order valence-electron chi connectivity index (χ0n) is 13.9. The standard InChI is InChI=1S/C18H13F3N2O4/c1-27-15-8-10(5-6-14(15)24)7-13-16(25)22-23(17(13)26)12-4-2-3-11(9-12)18(19,20)21/h2-9,24H,1H3,(H,22,25)/b13-7-. The van der Waals surface area contributed by atoms with Gasteiger partial charge >= 0.3 is 6.18 Å². The van der Waals surface area contributed by atoms with Gasteiger partial charge in [-0.05, 0) is 42.0 Å². The summed E-state index contributed by atoms with van der Waals surface area (Å²) >= 11 is 0. The summed E-state index contributed by atoms with van der Waals surface area (Å²) in [6, 6.07) is 8.25. The predicted octanol–water partition coefficient (Wildman–Crippen LogP) is 2.88. The van der Waals surface area contributed by atoms with Crippen molar-refractivity contribution >= 4 is 23.6 Å². The fraction of sp³-hybridized carbons (Fsp3) is 0.111. The molecule has 2 aromatic rings. The van der Waals surface area contributed by atoms with Crippen LogP contribution in [-0.4, -0.2) is 24.0 Å². The highest BCUT2D eigenvalue weighted by atomic mass is 19.4. The first kappa shape index (κ1) is 18.3. The number of methoxy groups -OCH3 is 1. The summed E-state index contributed by atoms with van der Waals surface area (Å²) in [5.74, 6) is -1.53. The SMILES string of the molecule is COc1cc(/C=C2/C(=O)NN(c3cccc(C(F)(F)F)c3)C2=O)ccc1O. The molecule has 140 valence electrons. The molecule has 0 radical (unpaired) electrons. The third-order valence-corrected chi connectivity index (χ3v) is 3.84. The van der Waals surface area contributed by atoms with Gasteiger partial charge in [-0.2, -0.15) is 13.2 Å². The number of nitrogens with one attached hydrogen (secondary N) is 1. The molecule has 1 aliphatic heterocycles. The number of nitrogens with zero attached hydrogens (tertiary/aromatic N) is 1. The lowest BCUT2D eigenvalue weighted by molar-refractivity contribution is -0.137. The Labute approximate surface area is 151 Å². The molecule has 6 nitrogen and oxygen atoms in total. The third-order valence-electron chi connectivity index (χ3n) is 3.84. The van der Waals surface area contributed by atoms with Crippen molar-refractivity contribution in [2.75, 3.05) is 12.1 Å². The number of benzene rings is 2. The van der Waals surface area contributed by atoms with Gasteiger partial charge in [-0.25, -0.2) is 5.01 Å². The van der Waals surface area contributed by atoms with Gasteiger partial charge < -0.3 is 9.84 Å². The molecule has 0 spiro atoms. The molecule has 2 N–H and O–H groups in total. The van der Waals surface area contributed by atoms with Gasteiger partial charge in [0, 0.05) is 0 Å². The van der Waals surface area contributed by atoms with Gasteiger partial charge in [0.1, 0.15) is 5.57 Å². The molecule has 27 heavy (non-hydrogen) atoms. The number of amides is 2. The van der Waals surface area contributed by atoms with E-state index >= 15 is 0 Å². The number of carbonyl (C=O) groups is 2. The molecule has 0 aromatic heterocycles. The van der Waals surface area contributed by atoms with Crippen LogP contribution in [0.3, 0.4) is 0 Å². The van der Waals surface area contributed by atoms with Gasteiger partial charge in [-0.3, -0.25) is 15.0 Å². The minimum Gasteiger partial charge on any atom is -0.504 e. The number of ether oxygens (including phenoxy) is 1. The number of anilines is 1. The van der Waals surface area contributed by atoms with Crippen molar-refractivity contribution in [1.29, 1.82) is 0 Å². The number of aromatic hydroxyl groups is 1. The molecule has 2 amide bonds. The number of phenolic OH excluding ortho intramolecular Hbond substituents is 1. The molecule has 2 aromatic carbocycles. The van der Waals surface area contributed by atoms with E-state index in [9.17, 15) is 27.9 Å². The lowest BCUT2D eigenvalue weighted by atomic mass is 10.1. The first-order valence-electron chi connectivity index (χ1n) is 7.62. The zero-order chi connectivity index (χ0) is 19.8. The summed E-state index contributed by atoms with van der Waals surface area (Å²) in [5.41, 5.74) is 1.31. The zero-order valence-corrected chi connectivity index (χ0v) is 13.9. The first-order valence-corrected chi connectivity index (χ1v) is 7.62. The second kappa shape index (κ2) is 6.67. The van der Waals surface area contributed by atoms with Crippen molar-refractivity contribution in [3.05, 3.63) is 59.2 Å². The van der Waals surface area contributed by atoms with E-state index in [2.05, 4.69) is 5.43 Å². The maximum absolute atomic E-state index is 12.9. The van der Waals surface area contributed by atoms with Crippen LogP contribution in [0, 0.1) is 0 Å². The Bertz CT molecular complexity index is 954. The van der Waals surface area contributed by atoms with Crippen molar-refractivity contribution in [1.82, 2.24) is 5.43 Å². The van der Waals surface area contributed by atoms with Crippen LogP contribution in [0.25, 0.3) is 6.08 Å². The van der Waals surface area contributed by atoms with Crippen LogP contribution in [0.15, 0.2) is 48.0 Å². The van der Waals surface area contributed by atoms with E-state index in [0.717, 1.165) is 23.2 Å². The van der Waals surface area contributed by atoms with Crippen LogP contribution in [-0.2, 0) is 15.8 Å². The lowest BCUT2D eigenvalue weighted by Crippen LogP contribution is -2.35. The van der Waals surface area contributed by atoms with Gasteiger partial charge in [-0.15, -0.1) is 0 Å². The van der Waals surface area contributed by atoms with E-state index in [-0.39, 0.29) is 22.8 Å². The molecular weight excluding hydrogens is 365 g/mol. The third kappa shape index (κ3) is 3.57. The summed E-state index contributed by atoms with van der Waals surface area (Å²) in [6.07, 6.45) is -3.32. The van der Waals surface area contributed by atoms with E-state index in [1.807, 2.05) is 0 Å². The van der Waals surface area contributed by atoms with Crippen LogP contribution in [0.5, 0.6) is 11.5 Å². The van der Waals surface area contributed by atoms with E-state index < -0.39 is 23.6 Å².